The molecule has 2 saturated heterocycles. The van der Waals surface area contributed by atoms with Gasteiger partial charge in [-0.25, -0.2) is 4.79 Å². The fourth-order valence-corrected chi connectivity index (χ4v) is 10.3. The summed E-state index contributed by atoms with van der Waals surface area (Å²) in [6, 6.07) is 3.65. The summed E-state index contributed by atoms with van der Waals surface area (Å²) in [4.78, 5) is 29.2. The van der Waals surface area contributed by atoms with Gasteiger partial charge in [0.1, 0.15) is 5.78 Å². The minimum atomic E-state index is -4.39. The molecule has 1 aromatic carbocycles. The van der Waals surface area contributed by atoms with Gasteiger partial charge in [-0.2, -0.15) is 21.6 Å². The van der Waals surface area contributed by atoms with Crippen molar-refractivity contribution in [3.63, 3.8) is 0 Å². The normalized spacial score (nSPS) is 32.6. The first-order valence-electron chi connectivity index (χ1n) is 16.0. The molecule has 2 aliphatic heterocycles. The maximum absolute atomic E-state index is 13.1. The fourth-order valence-electron chi connectivity index (χ4n) is 8.98. The minimum absolute atomic E-state index is 0.0152. The number of carboxylic acid groups (broad SMARTS) is 1. The Kier molecular flexibility index (Phi) is 9.15. The number of carbonyl (C=O) groups excluding carboxylic acids is 1. The predicted octanol–water partition coefficient (Wildman–Crippen LogP) is 4.47. The monoisotopic (exact) mass is 673 g/mol. The van der Waals surface area contributed by atoms with E-state index in [1.807, 2.05) is 13.8 Å². The lowest BCUT2D eigenvalue weighted by Crippen LogP contribution is -2.62. The molecule has 2 bridgehead atoms. The van der Waals surface area contributed by atoms with E-state index in [1.165, 1.54) is 17.0 Å². The maximum atomic E-state index is 13.1. The van der Waals surface area contributed by atoms with E-state index in [-0.39, 0.29) is 41.2 Å². The SMILES string of the molecule is CC1(C)C2CC[C@]1(CS(=O)(=O)O)C(=O)C2.C[C@H]1CN(C2(C)CCN(C(=O)O)CC2)CCN1[C@@H]1c2ccc(C(F)(F)F)cc2C[C@H]1O. The number of rotatable bonds is 4. The Morgan fingerprint density at radius 3 is 2.20 bits per heavy atom. The van der Waals surface area contributed by atoms with Crippen LogP contribution in [0, 0.1) is 16.7 Å². The van der Waals surface area contributed by atoms with E-state index in [4.69, 9.17) is 4.55 Å². The molecule has 10 nitrogen and oxygen atoms in total. The second kappa shape index (κ2) is 12.0. The summed E-state index contributed by atoms with van der Waals surface area (Å²) in [7, 11) is -4.08. The van der Waals surface area contributed by atoms with Crippen molar-refractivity contribution in [1.82, 2.24) is 14.7 Å². The summed E-state index contributed by atoms with van der Waals surface area (Å²) in [6.45, 7) is 11.5. The second-order valence-electron chi connectivity index (χ2n) is 14.8. The molecule has 46 heavy (non-hydrogen) atoms. The van der Waals surface area contributed by atoms with E-state index < -0.39 is 45.2 Å². The molecule has 3 N–H and O–H groups in total. The van der Waals surface area contributed by atoms with Crippen LogP contribution in [0.2, 0.25) is 0 Å². The lowest BCUT2D eigenvalue weighted by molar-refractivity contribution is -0.137. The molecular weight excluding hydrogens is 627 g/mol. The molecule has 0 radical (unpaired) electrons. The number of fused-ring (bicyclic) bond motifs is 3. The van der Waals surface area contributed by atoms with Crippen LogP contribution in [-0.2, 0) is 27.5 Å². The van der Waals surface area contributed by atoms with E-state index >= 15 is 0 Å². The number of aliphatic hydroxyl groups is 1. The minimum Gasteiger partial charge on any atom is -0.465 e. The van der Waals surface area contributed by atoms with Gasteiger partial charge in [-0.15, -0.1) is 0 Å². The van der Waals surface area contributed by atoms with Crippen LogP contribution in [0.1, 0.15) is 82.5 Å². The van der Waals surface area contributed by atoms with Crippen molar-refractivity contribution in [2.45, 2.75) is 96.1 Å². The van der Waals surface area contributed by atoms with Crippen molar-refractivity contribution < 1.29 is 45.9 Å². The van der Waals surface area contributed by atoms with E-state index in [2.05, 4.69) is 23.6 Å². The highest BCUT2D eigenvalue weighted by Gasteiger charge is 2.65. The molecule has 1 aromatic rings. The Labute approximate surface area is 268 Å². The van der Waals surface area contributed by atoms with Crippen LogP contribution < -0.4 is 0 Å². The highest BCUT2D eigenvalue weighted by atomic mass is 32.2. The van der Waals surface area contributed by atoms with Gasteiger partial charge >= 0.3 is 12.3 Å². The highest BCUT2D eigenvalue weighted by Crippen LogP contribution is 2.64. The predicted molar refractivity (Wildman–Crippen MR) is 164 cm³/mol. The molecule has 2 saturated carbocycles. The molecule has 3 aliphatic carbocycles. The second-order valence-corrected chi connectivity index (χ2v) is 16.3. The van der Waals surface area contributed by atoms with E-state index in [1.54, 1.807) is 0 Å². The van der Waals surface area contributed by atoms with Gasteiger partial charge in [0.2, 0.25) is 0 Å². The molecule has 14 heteroatoms. The van der Waals surface area contributed by atoms with Gasteiger partial charge in [-0.3, -0.25) is 19.1 Å². The molecular formula is C32H46F3N3O7S. The number of carbonyl (C=O) groups is 2. The standard InChI is InChI=1S/C22H30F3N3O3.C10H16O4S/c1-14-13-27(21(2)5-7-26(8-6-21)20(30)31)9-10-28(14)19-17-4-3-16(22(23,24)25)11-15(17)12-18(19)29;1-9(2)7-3-4-10(9,8(11)5-7)6-15(12,13)14/h3-4,11,14,18-19,29H,5-10,12-13H2,1-2H3,(H,30,31);7H,3-6H2,1-2H3,(H,12,13,14)/t14-,18+,19+;7?,10-/m00/s1. The average molecular weight is 674 g/mol. The molecule has 258 valence electrons. The number of likely N-dealkylation sites (tertiary alicyclic amines) is 1. The summed E-state index contributed by atoms with van der Waals surface area (Å²) in [5.74, 6) is -0.101. The molecule has 6 rings (SSSR count). The van der Waals surface area contributed by atoms with Gasteiger partial charge in [0.25, 0.3) is 10.1 Å². The molecule has 1 amide bonds. The van der Waals surface area contributed by atoms with Crippen LogP contribution in [0.4, 0.5) is 18.0 Å². The summed E-state index contributed by atoms with van der Waals surface area (Å²) in [5.41, 5.74) is -0.486. The van der Waals surface area contributed by atoms with E-state index in [9.17, 15) is 41.4 Å². The first-order chi connectivity index (χ1) is 21.2. The van der Waals surface area contributed by atoms with Crippen molar-refractivity contribution in [3.8, 4) is 0 Å². The zero-order valence-electron chi connectivity index (χ0n) is 26.9. The number of amides is 1. The largest absolute Gasteiger partial charge is 0.465 e. The number of aliphatic hydroxyl groups excluding tert-OH is 1. The van der Waals surface area contributed by atoms with Gasteiger partial charge in [0, 0.05) is 57.1 Å². The average Bonchev–Trinajstić information content (AvgIpc) is 3.46. The van der Waals surface area contributed by atoms with E-state index in [0.717, 1.165) is 44.0 Å². The van der Waals surface area contributed by atoms with Crippen molar-refractivity contribution in [1.29, 1.82) is 0 Å². The quantitative estimate of drug-likeness (QED) is 0.395. The molecule has 1 unspecified atom stereocenters. The smallest absolute Gasteiger partial charge is 0.416 e. The summed E-state index contributed by atoms with van der Waals surface area (Å²) < 4.78 is 70.2. The first-order valence-corrected chi connectivity index (χ1v) is 17.6. The van der Waals surface area contributed by atoms with Crippen molar-refractivity contribution in [2.75, 3.05) is 38.5 Å². The summed E-state index contributed by atoms with van der Waals surface area (Å²) in [5, 5.41) is 19.9. The van der Waals surface area contributed by atoms with E-state index in [0.29, 0.717) is 38.0 Å². The molecule has 0 aromatic heterocycles. The number of hydrogen-bond acceptors (Lipinski definition) is 7. The van der Waals surface area contributed by atoms with Gasteiger partial charge in [-0.05, 0) is 74.1 Å². The number of piperidine rings is 1. The van der Waals surface area contributed by atoms with Gasteiger partial charge < -0.3 is 15.1 Å². The maximum Gasteiger partial charge on any atom is 0.416 e. The van der Waals surface area contributed by atoms with Crippen molar-refractivity contribution in [2.24, 2.45) is 16.7 Å². The Bertz CT molecular complexity index is 1460. The number of hydrogen-bond donors (Lipinski definition) is 3. The Morgan fingerprint density at radius 1 is 1.04 bits per heavy atom. The molecule has 0 spiro atoms. The van der Waals surface area contributed by atoms with Crippen LogP contribution in [0.25, 0.3) is 0 Å². The zero-order chi connectivity index (χ0) is 34.0. The molecule has 5 aliphatic rings. The Balaban J connectivity index is 0.000000232. The number of nitrogens with zero attached hydrogens (tertiary/aromatic N) is 3. The van der Waals surface area contributed by atoms with Gasteiger partial charge in [0.05, 0.1) is 28.9 Å². The van der Waals surface area contributed by atoms with Crippen LogP contribution in [0.5, 0.6) is 0 Å². The summed E-state index contributed by atoms with van der Waals surface area (Å²) in [6.07, 6.45) is -2.21. The molecule has 2 heterocycles. The molecule has 5 atom stereocenters. The third-order valence-electron chi connectivity index (χ3n) is 12.1. The third kappa shape index (κ3) is 6.31. The highest BCUT2D eigenvalue weighted by molar-refractivity contribution is 7.85. The lowest BCUT2D eigenvalue weighted by atomic mass is 9.70. The fraction of sp³-hybridized carbons (Fsp3) is 0.750. The van der Waals surface area contributed by atoms with Crippen molar-refractivity contribution >= 4 is 22.0 Å². The van der Waals surface area contributed by atoms with Crippen molar-refractivity contribution in [3.05, 3.63) is 34.9 Å². The van der Waals surface area contributed by atoms with Crippen LogP contribution >= 0.6 is 0 Å². The van der Waals surface area contributed by atoms with Crippen LogP contribution in [0.15, 0.2) is 18.2 Å². The number of ketones is 1. The Hall–Kier alpha value is -2.26. The topological polar surface area (TPSA) is 139 Å². The number of halogens is 3. The number of alkyl halides is 3. The summed E-state index contributed by atoms with van der Waals surface area (Å²) >= 11 is 0. The number of benzene rings is 1. The van der Waals surface area contributed by atoms with Crippen LogP contribution in [-0.4, -0.2) is 106 Å². The number of piperazine rings is 1. The Morgan fingerprint density at radius 2 is 1.70 bits per heavy atom. The lowest BCUT2D eigenvalue weighted by Gasteiger charge is -2.52. The van der Waals surface area contributed by atoms with Gasteiger partial charge in [0.15, 0.2) is 0 Å². The van der Waals surface area contributed by atoms with Crippen LogP contribution in [0.3, 0.4) is 0 Å². The number of Topliss-reactive ketones (excluding diaryl/α,β-unsaturated/α-hetero) is 1. The third-order valence-corrected chi connectivity index (χ3v) is 12.9. The zero-order valence-corrected chi connectivity index (χ0v) is 27.7. The van der Waals surface area contributed by atoms with Gasteiger partial charge in [-0.1, -0.05) is 19.9 Å². The molecule has 4 fully saturated rings. The first kappa shape index (κ1) is 35.1.